The number of carbonyl (C=O) groups is 1. The molecule has 1 aliphatic carbocycles. The SMILES string of the molecule is CC(=O)OO.c1ccc2c(c1)ccc1c3c(ccc12)CCCC3. The average Bonchev–Trinajstić information content (AvgIpc) is 2.61. The fourth-order valence-corrected chi connectivity index (χ4v) is 3.34. The summed E-state index contributed by atoms with van der Waals surface area (Å²) in [7, 11) is 0. The van der Waals surface area contributed by atoms with Crippen molar-refractivity contribution in [2.24, 2.45) is 0 Å². The molecule has 0 saturated carbocycles. The van der Waals surface area contributed by atoms with Crippen LogP contribution in [-0.4, -0.2) is 11.2 Å². The van der Waals surface area contributed by atoms with Gasteiger partial charge in [0.15, 0.2) is 0 Å². The van der Waals surface area contributed by atoms with Crippen molar-refractivity contribution < 1.29 is 14.9 Å². The van der Waals surface area contributed by atoms with Gasteiger partial charge in [0.2, 0.25) is 0 Å². The number of aryl methyl sites for hydroxylation is 2. The Morgan fingerprint density at radius 3 is 2.39 bits per heavy atom. The first-order valence-corrected chi connectivity index (χ1v) is 7.95. The summed E-state index contributed by atoms with van der Waals surface area (Å²) < 4.78 is 0. The van der Waals surface area contributed by atoms with Crippen LogP contribution in [0.25, 0.3) is 21.5 Å². The number of rotatable bonds is 0. The zero-order valence-electron chi connectivity index (χ0n) is 13.2. The monoisotopic (exact) mass is 308 g/mol. The first kappa shape index (κ1) is 15.5. The predicted molar refractivity (Wildman–Crippen MR) is 92.5 cm³/mol. The Bertz CT molecular complexity index is 852. The van der Waals surface area contributed by atoms with Gasteiger partial charge in [-0.05, 0) is 58.4 Å². The van der Waals surface area contributed by atoms with Gasteiger partial charge in [-0.15, -0.1) is 0 Å². The molecule has 0 bridgehead atoms. The van der Waals surface area contributed by atoms with Crippen molar-refractivity contribution in [2.45, 2.75) is 32.6 Å². The highest BCUT2D eigenvalue weighted by Gasteiger charge is 2.13. The molecule has 0 heterocycles. The Hall–Kier alpha value is -2.39. The summed E-state index contributed by atoms with van der Waals surface area (Å²) in [6.07, 6.45) is 5.22. The zero-order chi connectivity index (χ0) is 16.2. The van der Waals surface area contributed by atoms with Crippen LogP contribution in [0.1, 0.15) is 30.9 Å². The van der Waals surface area contributed by atoms with E-state index in [-0.39, 0.29) is 0 Å². The van der Waals surface area contributed by atoms with Crippen LogP contribution in [0.15, 0.2) is 48.5 Å². The van der Waals surface area contributed by atoms with E-state index in [1.807, 2.05) is 0 Å². The first-order chi connectivity index (χ1) is 11.2. The van der Waals surface area contributed by atoms with Crippen molar-refractivity contribution in [3.63, 3.8) is 0 Å². The third-order valence-electron chi connectivity index (χ3n) is 4.39. The van der Waals surface area contributed by atoms with Crippen molar-refractivity contribution in [2.75, 3.05) is 0 Å². The van der Waals surface area contributed by atoms with Crippen LogP contribution in [0.4, 0.5) is 0 Å². The van der Waals surface area contributed by atoms with Crippen LogP contribution in [-0.2, 0) is 22.5 Å². The fraction of sp³-hybridized carbons (Fsp3) is 0.250. The van der Waals surface area contributed by atoms with Gasteiger partial charge in [0.1, 0.15) is 0 Å². The lowest BCUT2D eigenvalue weighted by atomic mass is 9.86. The summed E-state index contributed by atoms with van der Waals surface area (Å²) >= 11 is 0. The molecule has 0 aromatic heterocycles. The second-order valence-electron chi connectivity index (χ2n) is 5.88. The van der Waals surface area contributed by atoms with Gasteiger partial charge < -0.3 is 4.89 Å². The van der Waals surface area contributed by atoms with Crippen molar-refractivity contribution in [1.29, 1.82) is 0 Å². The molecule has 1 N–H and O–H groups in total. The molecule has 1 aliphatic rings. The lowest BCUT2D eigenvalue weighted by Gasteiger charge is -2.18. The van der Waals surface area contributed by atoms with Crippen LogP contribution in [0.5, 0.6) is 0 Å². The topological polar surface area (TPSA) is 46.5 Å². The van der Waals surface area contributed by atoms with Gasteiger partial charge in [-0.3, -0.25) is 0 Å². The fourth-order valence-electron chi connectivity index (χ4n) is 3.34. The molecule has 3 aromatic rings. The maximum atomic E-state index is 9.34. The highest BCUT2D eigenvalue weighted by atomic mass is 17.1. The van der Waals surface area contributed by atoms with Gasteiger partial charge in [0, 0.05) is 6.92 Å². The normalized spacial score (nSPS) is 13.1. The second kappa shape index (κ2) is 6.80. The van der Waals surface area contributed by atoms with Gasteiger partial charge in [0.05, 0.1) is 0 Å². The van der Waals surface area contributed by atoms with Crippen molar-refractivity contribution >= 4 is 27.5 Å². The van der Waals surface area contributed by atoms with Crippen LogP contribution in [0.2, 0.25) is 0 Å². The molecule has 118 valence electrons. The lowest BCUT2D eigenvalue weighted by Crippen LogP contribution is -2.02. The van der Waals surface area contributed by atoms with E-state index in [4.69, 9.17) is 5.26 Å². The minimum atomic E-state index is -0.690. The summed E-state index contributed by atoms with van der Waals surface area (Å²) in [5.74, 6) is -0.690. The quantitative estimate of drug-likeness (QED) is 0.365. The lowest BCUT2D eigenvalue weighted by molar-refractivity contribution is -0.231. The molecule has 4 rings (SSSR count). The molecular formula is C20H20O3. The van der Waals surface area contributed by atoms with Crippen LogP contribution < -0.4 is 0 Å². The summed E-state index contributed by atoms with van der Waals surface area (Å²) in [5, 5.41) is 12.9. The average molecular weight is 308 g/mol. The smallest absolute Gasteiger partial charge is 0.301 e. The third-order valence-corrected chi connectivity index (χ3v) is 4.39. The summed E-state index contributed by atoms with van der Waals surface area (Å²) in [4.78, 5) is 12.5. The molecule has 0 saturated heterocycles. The maximum absolute atomic E-state index is 9.34. The van der Waals surface area contributed by atoms with Crippen LogP contribution in [0, 0.1) is 0 Å². The molecule has 3 heteroatoms. The van der Waals surface area contributed by atoms with E-state index >= 15 is 0 Å². The second-order valence-corrected chi connectivity index (χ2v) is 5.88. The van der Waals surface area contributed by atoms with E-state index in [0.29, 0.717) is 0 Å². The molecule has 3 nitrogen and oxygen atoms in total. The number of benzene rings is 3. The van der Waals surface area contributed by atoms with E-state index in [2.05, 4.69) is 53.4 Å². The highest BCUT2D eigenvalue weighted by Crippen LogP contribution is 2.33. The molecular weight excluding hydrogens is 288 g/mol. The summed E-state index contributed by atoms with van der Waals surface area (Å²) in [6, 6.07) is 18.0. The molecule has 0 spiro atoms. The first-order valence-electron chi connectivity index (χ1n) is 7.95. The standard InChI is InChI=1S/C18H16.C2H4O3/c1-3-7-15-13(5-1)9-11-18-16-8-4-2-6-14(16)10-12-17(15)18;1-2(3)5-4/h1,3,5,7,9-12H,2,4,6,8H2;4H,1H3. The third kappa shape index (κ3) is 3.20. The van der Waals surface area contributed by atoms with Crippen molar-refractivity contribution in [3.8, 4) is 0 Å². The largest absolute Gasteiger partial charge is 0.339 e. The van der Waals surface area contributed by atoms with Crippen LogP contribution >= 0.6 is 0 Å². The molecule has 0 atom stereocenters. The predicted octanol–water partition coefficient (Wildman–Crippen LogP) is 4.89. The Balaban J connectivity index is 0.000000276. The number of carbonyl (C=O) groups excluding carboxylic acids is 1. The summed E-state index contributed by atoms with van der Waals surface area (Å²) in [6.45, 7) is 1.11. The van der Waals surface area contributed by atoms with Gasteiger partial charge >= 0.3 is 5.97 Å². The van der Waals surface area contributed by atoms with Gasteiger partial charge in [-0.25, -0.2) is 4.79 Å². The van der Waals surface area contributed by atoms with Crippen molar-refractivity contribution in [3.05, 3.63) is 59.7 Å². The Labute approximate surface area is 135 Å². The maximum Gasteiger partial charge on any atom is 0.339 e. The highest BCUT2D eigenvalue weighted by molar-refractivity contribution is 6.08. The van der Waals surface area contributed by atoms with Crippen LogP contribution in [0.3, 0.4) is 0 Å². The number of hydrogen-bond acceptors (Lipinski definition) is 3. The number of hydrogen-bond donors (Lipinski definition) is 1. The molecule has 0 unspecified atom stereocenters. The van der Waals surface area contributed by atoms with Gasteiger partial charge in [-0.2, -0.15) is 5.26 Å². The Morgan fingerprint density at radius 1 is 0.913 bits per heavy atom. The van der Waals surface area contributed by atoms with Gasteiger partial charge in [0.25, 0.3) is 0 Å². The summed E-state index contributed by atoms with van der Waals surface area (Å²) in [5.41, 5.74) is 3.17. The Kier molecular flexibility index (Phi) is 4.58. The minimum absolute atomic E-state index is 0.690. The van der Waals surface area contributed by atoms with E-state index in [0.717, 1.165) is 6.92 Å². The molecule has 0 radical (unpaired) electrons. The van der Waals surface area contributed by atoms with E-state index in [9.17, 15) is 4.79 Å². The molecule has 0 fully saturated rings. The Morgan fingerprint density at radius 2 is 1.61 bits per heavy atom. The van der Waals surface area contributed by atoms with Crippen molar-refractivity contribution in [1.82, 2.24) is 0 Å². The van der Waals surface area contributed by atoms with Gasteiger partial charge in [-0.1, -0.05) is 48.5 Å². The minimum Gasteiger partial charge on any atom is -0.301 e. The van der Waals surface area contributed by atoms with E-state index in [1.165, 1.54) is 47.2 Å². The molecule has 23 heavy (non-hydrogen) atoms. The van der Waals surface area contributed by atoms with E-state index in [1.54, 1.807) is 11.1 Å². The molecule has 0 amide bonds. The van der Waals surface area contributed by atoms with E-state index < -0.39 is 5.97 Å². The number of fused-ring (bicyclic) bond motifs is 5. The molecule has 3 aromatic carbocycles. The zero-order valence-corrected chi connectivity index (χ0v) is 13.2. The molecule has 0 aliphatic heterocycles.